The minimum absolute atomic E-state index is 0.00678. The van der Waals surface area contributed by atoms with Crippen LogP contribution in [-0.4, -0.2) is 29.9 Å². The van der Waals surface area contributed by atoms with E-state index >= 15 is 0 Å². The Hall–Kier alpha value is -2.13. The number of hydrogen-bond donors (Lipinski definition) is 1. The lowest BCUT2D eigenvalue weighted by Gasteiger charge is -2.34. The Bertz CT molecular complexity index is 705. The third-order valence-electron chi connectivity index (χ3n) is 5.56. The van der Waals surface area contributed by atoms with Crippen LogP contribution in [0.4, 0.5) is 0 Å². The molecule has 1 atom stereocenters. The molecule has 3 heteroatoms. The zero-order chi connectivity index (χ0) is 18.4. The molecule has 138 valence electrons. The third kappa shape index (κ3) is 4.53. The monoisotopic (exact) mass is 350 g/mol. The van der Waals surface area contributed by atoms with Gasteiger partial charge in [0.05, 0.1) is 5.92 Å². The Labute approximate surface area is 157 Å². The maximum absolute atomic E-state index is 13.0. The van der Waals surface area contributed by atoms with Gasteiger partial charge in [0.15, 0.2) is 0 Å². The van der Waals surface area contributed by atoms with Crippen molar-refractivity contribution in [3.05, 3.63) is 71.3 Å². The zero-order valence-corrected chi connectivity index (χ0v) is 15.9. The van der Waals surface area contributed by atoms with Gasteiger partial charge in [-0.15, -0.1) is 0 Å². The molecule has 1 aliphatic heterocycles. The van der Waals surface area contributed by atoms with E-state index in [0.717, 1.165) is 44.5 Å². The molecule has 1 N–H and O–H groups in total. The van der Waals surface area contributed by atoms with Gasteiger partial charge in [-0.3, -0.25) is 4.79 Å². The molecule has 0 radical (unpaired) electrons. The Kier molecular flexibility index (Phi) is 6.45. The van der Waals surface area contributed by atoms with Crippen LogP contribution in [0.5, 0.6) is 0 Å². The highest BCUT2D eigenvalue weighted by Gasteiger charge is 2.28. The molecule has 0 bridgehead atoms. The number of amides is 1. The summed E-state index contributed by atoms with van der Waals surface area (Å²) in [6.07, 6.45) is 2.92. The average Bonchev–Trinajstić information content (AvgIpc) is 2.69. The van der Waals surface area contributed by atoms with Crippen molar-refractivity contribution < 1.29 is 4.79 Å². The molecule has 0 aromatic heterocycles. The number of carbonyl (C=O) groups is 1. The molecule has 1 saturated heterocycles. The lowest BCUT2D eigenvalue weighted by atomic mass is 9.93. The van der Waals surface area contributed by atoms with E-state index in [-0.39, 0.29) is 11.8 Å². The molecule has 0 saturated carbocycles. The molecule has 2 aromatic rings. The number of hydrogen-bond acceptors (Lipinski definition) is 2. The van der Waals surface area contributed by atoms with E-state index in [9.17, 15) is 4.79 Å². The second kappa shape index (κ2) is 9.00. The van der Waals surface area contributed by atoms with E-state index < -0.39 is 0 Å². The number of aryl methyl sites for hydroxylation is 1. The van der Waals surface area contributed by atoms with Gasteiger partial charge in [0.1, 0.15) is 0 Å². The highest BCUT2D eigenvalue weighted by atomic mass is 16.2. The normalized spacial score (nSPS) is 16.5. The van der Waals surface area contributed by atoms with Gasteiger partial charge >= 0.3 is 0 Å². The van der Waals surface area contributed by atoms with Crippen molar-refractivity contribution in [3.8, 4) is 0 Å². The van der Waals surface area contributed by atoms with Crippen molar-refractivity contribution >= 4 is 5.91 Å². The second-order valence-electron chi connectivity index (χ2n) is 7.28. The van der Waals surface area contributed by atoms with E-state index in [1.54, 1.807) is 0 Å². The molecule has 3 nitrogen and oxygen atoms in total. The molecule has 0 spiro atoms. The van der Waals surface area contributed by atoms with Crippen LogP contribution in [-0.2, 0) is 11.3 Å². The van der Waals surface area contributed by atoms with Crippen molar-refractivity contribution in [3.63, 3.8) is 0 Å². The minimum Gasteiger partial charge on any atom is -0.342 e. The number of rotatable bonds is 6. The maximum Gasteiger partial charge on any atom is 0.230 e. The van der Waals surface area contributed by atoms with Gasteiger partial charge < -0.3 is 10.2 Å². The van der Waals surface area contributed by atoms with Gasteiger partial charge in [-0.1, -0.05) is 61.5 Å². The molecule has 1 aliphatic rings. The number of carbonyl (C=O) groups excluding carboxylic acids is 1. The summed E-state index contributed by atoms with van der Waals surface area (Å²) in [5.74, 6) is 0.281. The molecule has 1 heterocycles. The fourth-order valence-corrected chi connectivity index (χ4v) is 3.83. The van der Waals surface area contributed by atoms with Gasteiger partial charge in [0.25, 0.3) is 0 Å². The van der Waals surface area contributed by atoms with E-state index in [2.05, 4.69) is 60.5 Å². The molecule has 1 fully saturated rings. The average molecular weight is 351 g/mol. The summed E-state index contributed by atoms with van der Waals surface area (Å²) in [4.78, 5) is 15.0. The van der Waals surface area contributed by atoms with Crippen LogP contribution in [0, 0.1) is 6.92 Å². The summed E-state index contributed by atoms with van der Waals surface area (Å²) < 4.78 is 0. The van der Waals surface area contributed by atoms with Gasteiger partial charge in [-0.25, -0.2) is 0 Å². The predicted molar refractivity (Wildman–Crippen MR) is 107 cm³/mol. The number of benzene rings is 2. The fraction of sp³-hybridized carbons (Fsp3) is 0.435. The Balaban J connectivity index is 1.51. The highest BCUT2D eigenvalue weighted by molar-refractivity contribution is 5.83. The van der Waals surface area contributed by atoms with Crippen LogP contribution in [0.25, 0.3) is 0 Å². The standard InChI is InChI=1S/C23H30N2O/c1-3-22(19-10-5-4-6-11-19)23(26)25-15-13-21(14-16-25)24-17-20-12-8-7-9-18(20)2/h4-12,21-22,24H,3,13-17H2,1-2H3. The minimum atomic E-state index is -0.00678. The highest BCUT2D eigenvalue weighted by Crippen LogP contribution is 2.24. The van der Waals surface area contributed by atoms with Gasteiger partial charge in [0, 0.05) is 25.7 Å². The quantitative estimate of drug-likeness (QED) is 0.844. The molecule has 26 heavy (non-hydrogen) atoms. The van der Waals surface area contributed by atoms with Crippen molar-refractivity contribution in [2.45, 2.75) is 51.6 Å². The molecular formula is C23H30N2O. The van der Waals surface area contributed by atoms with Crippen LogP contribution < -0.4 is 5.32 Å². The first-order chi connectivity index (χ1) is 12.7. The smallest absolute Gasteiger partial charge is 0.230 e. The largest absolute Gasteiger partial charge is 0.342 e. The first-order valence-corrected chi connectivity index (χ1v) is 9.80. The first-order valence-electron chi connectivity index (χ1n) is 9.80. The van der Waals surface area contributed by atoms with Gasteiger partial charge in [0.2, 0.25) is 5.91 Å². The predicted octanol–water partition coefficient (Wildman–Crippen LogP) is 4.27. The summed E-state index contributed by atoms with van der Waals surface area (Å²) in [7, 11) is 0. The topological polar surface area (TPSA) is 32.3 Å². The summed E-state index contributed by atoms with van der Waals surface area (Å²) in [6.45, 7) is 6.88. The van der Waals surface area contributed by atoms with Gasteiger partial charge in [-0.05, 0) is 42.9 Å². The number of nitrogens with one attached hydrogen (secondary N) is 1. The molecule has 2 aromatic carbocycles. The number of likely N-dealkylation sites (tertiary alicyclic amines) is 1. The van der Waals surface area contributed by atoms with Crippen LogP contribution >= 0.6 is 0 Å². The number of nitrogens with zero attached hydrogens (tertiary/aromatic N) is 1. The Morgan fingerprint density at radius 1 is 1.08 bits per heavy atom. The van der Waals surface area contributed by atoms with E-state index in [4.69, 9.17) is 0 Å². The lowest BCUT2D eigenvalue weighted by molar-refractivity contribution is -0.134. The van der Waals surface area contributed by atoms with Crippen molar-refractivity contribution in [1.29, 1.82) is 0 Å². The van der Waals surface area contributed by atoms with Gasteiger partial charge in [-0.2, -0.15) is 0 Å². The molecule has 1 amide bonds. The summed E-state index contributed by atoms with van der Waals surface area (Å²) in [5.41, 5.74) is 3.84. The number of piperidine rings is 1. The van der Waals surface area contributed by atoms with E-state index in [1.165, 1.54) is 11.1 Å². The summed E-state index contributed by atoms with van der Waals surface area (Å²) in [5, 5.41) is 3.68. The van der Waals surface area contributed by atoms with Crippen LogP contribution in [0.1, 0.15) is 48.8 Å². The maximum atomic E-state index is 13.0. The third-order valence-corrected chi connectivity index (χ3v) is 5.56. The van der Waals surface area contributed by atoms with E-state index in [1.807, 2.05) is 18.2 Å². The molecular weight excluding hydrogens is 320 g/mol. The Morgan fingerprint density at radius 3 is 2.38 bits per heavy atom. The van der Waals surface area contributed by atoms with Crippen LogP contribution in [0.3, 0.4) is 0 Å². The van der Waals surface area contributed by atoms with Crippen LogP contribution in [0.15, 0.2) is 54.6 Å². The summed E-state index contributed by atoms with van der Waals surface area (Å²) in [6, 6.07) is 19.2. The van der Waals surface area contributed by atoms with Crippen molar-refractivity contribution in [2.24, 2.45) is 0 Å². The van der Waals surface area contributed by atoms with Crippen molar-refractivity contribution in [1.82, 2.24) is 10.2 Å². The lowest BCUT2D eigenvalue weighted by Crippen LogP contribution is -2.46. The van der Waals surface area contributed by atoms with E-state index in [0.29, 0.717) is 6.04 Å². The second-order valence-corrected chi connectivity index (χ2v) is 7.28. The Morgan fingerprint density at radius 2 is 1.73 bits per heavy atom. The SMILES string of the molecule is CCC(C(=O)N1CCC(NCc2ccccc2C)CC1)c1ccccc1. The first kappa shape index (κ1) is 18.7. The zero-order valence-electron chi connectivity index (χ0n) is 15.9. The molecule has 1 unspecified atom stereocenters. The summed E-state index contributed by atoms with van der Waals surface area (Å²) >= 11 is 0. The molecule has 3 rings (SSSR count). The molecule has 0 aliphatic carbocycles. The fourth-order valence-electron chi connectivity index (χ4n) is 3.83. The van der Waals surface area contributed by atoms with Crippen molar-refractivity contribution in [2.75, 3.05) is 13.1 Å². The van der Waals surface area contributed by atoms with Crippen LogP contribution in [0.2, 0.25) is 0 Å².